The molecule has 0 aliphatic heterocycles. The van der Waals surface area contributed by atoms with Crippen LogP contribution in [0.1, 0.15) is 24.5 Å². The monoisotopic (exact) mass is 268 g/mol. The molecule has 0 amide bonds. The fraction of sp³-hybridized carbons (Fsp3) is 0.500. The molecular weight excluding hydrogens is 248 g/mol. The lowest BCUT2D eigenvalue weighted by Crippen LogP contribution is -2.13. The highest BCUT2D eigenvalue weighted by Gasteiger charge is 2.05. The smallest absolute Gasteiger partial charge is 0.343 e. The minimum absolute atomic E-state index is 0.0388. The zero-order valence-electron chi connectivity index (χ0n) is 11.2. The van der Waals surface area contributed by atoms with Crippen LogP contribution in [0.2, 0.25) is 0 Å². The number of esters is 1. The Hall–Kier alpha value is -1.16. The van der Waals surface area contributed by atoms with Gasteiger partial charge in [0.15, 0.2) is 6.61 Å². The van der Waals surface area contributed by atoms with Crippen molar-refractivity contribution in [3.63, 3.8) is 0 Å². The van der Waals surface area contributed by atoms with Crippen LogP contribution >= 0.6 is 11.8 Å². The second kappa shape index (κ2) is 8.03. The summed E-state index contributed by atoms with van der Waals surface area (Å²) in [5, 5.41) is 0. The first-order valence-corrected chi connectivity index (χ1v) is 7.19. The number of thioether (sulfide) groups is 1. The lowest BCUT2D eigenvalue weighted by atomic mass is 10.1. The predicted octanol–water partition coefficient (Wildman–Crippen LogP) is 3.19. The Kier molecular flexibility index (Phi) is 6.65. The van der Waals surface area contributed by atoms with Gasteiger partial charge in [-0.05, 0) is 36.3 Å². The molecule has 0 atom stereocenters. The van der Waals surface area contributed by atoms with Crippen LogP contribution in [0.4, 0.5) is 0 Å². The van der Waals surface area contributed by atoms with Crippen LogP contribution in [0.15, 0.2) is 18.2 Å². The number of methoxy groups -OCH3 is 1. The summed E-state index contributed by atoms with van der Waals surface area (Å²) >= 11 is 1.90. The van der Waals surface area contributed by atoms with Crippen LogP contribution in [-0.4, -0.2) is 25.4 Å². The van der Waals surface area contributed by atoms with E-state index in [0.29, 0.717) is 0 Å². The largest absolute Gasteiger partial charge is 0.482 e. The van der Waals surface area contributed by atoms with Gasteiger partial charge in [0, 0.05) is 5.75 Å². The molecule has 0 heterocycles. The van der Waals surface area contributed by atoms with Crippen LogP contribution in [0, 0.1) is 6.92 Å². The summed E-state index contributed by atoms with van der Waals surface area (Å²) in [6.45, 7) is 4.10. The normalized spacial score (nSPS) is 10.2. The molecule has 1 aromatic carbocycles. The number of ether oxygens (including phenoxy) is 2. The van der Waals surface area contributed by atoms with Crippen molar-refractivity contribution < 1.29 is 14.3 Å². The number of carbonyl (C=O) groups excluding carboxylic acids is 1. The van der Waals surface area contributed by atoms with E-state index in [-0.39, 0.29) is 12.6 Å². The van der Waals surface area contributed by atoms with Crippen molar-refractivity contribution in [2.45, 2.75) is 26.0 Å². The van der Waals surface area contributed by atoms with Crippen molar-refractivity contribution in [3.05, 3.63) is 29.3 Å². The Morgan fingerprint density at radius 3 is 2.83 bits per heavy atom. The van der Waals surface area contributed by atoms with Gasteiger partial charge in [-0.2, -0.15) is 11.8 Å². The zero-order chi connectivity index (χ0) is 13.4. The molecule has 0 bridgehead atoms. The topological polar surface area (TPSA) is 35.5 Å². The van der Waals surface area contributed by atoms with E-state index in [4.69, 9.17) is 4.74 Å². The number of hydrogen-bond acceptors (Lipinski definition) is 4. The van der Waals surface area contributed by atoms with Gasteiger partial charge in [-0.1, -0.05) is 19.1 Å². The summed E-state index contributed by atoms with van der Waals surface area (Å²) < 4.78 is 10.0. The van der Waals surface area contributed by atoms with Gasteiger partial charge in [-0.25, -0.2) is 4.79 Å². The van der Waals surface area contributed by atoms with E-state index in [0.717, 1.165) is 22.8 Å². The summed E-state index contributed by atoms with van der Waals surface area (Å²) in [5.41, 5.74) is 2.25. The third-order valence-electron chi connectivity index (χ3n) is 2.44. The summed E-state index contributed by atoms with van der Waals surface area (Å²) in [4.78, 5) is 11.0. The average Bonchev–Trinajstić information content (AvgIpc) is 2.39. The third kappa shape index (κ3) is 5.00. The number of carbonyl (C=O) groups is 1. The molecule has 100 valence electrons. The maximum absolute atomic E-state index is 11.0. The Morgan fingerprint density at radius 1 is 1.39 bits per heavy atom. The van der Waals surface area contributed by atoms with E-state index < -0.39 is 0 Å². The van der Waals surface area contributed by atoms with Crippen molar-refractivity contribution in [2.24, 2.45) is 0 Å². The Labute approximate surface area is 113 Å². The van der Waals surface area contributed by atoms with Gasteiger partial charge < -0.3 is 9.47 Å². The van der Waals surface area contributed by atoms with E-state index in [2.05, 4.69) is 17.7 Å². The molecule has 1 aromatic rings. The van der Waals surface area contributed by atoms with Gasteiger partial charge in [0.1, 0.15) is 5.75 Å². The Morgan fingerprint density at radius 2 is 2.17 bits per heavy atom. The Bertz CT molecular complexity index is 391. The van der Waals surface area contributed by atoms with Gasteiger partial charge in [-0.3, -0.25) is 0 Å². The molecule has 0 N–H and O–H groups in total. The van der Waals surface area contributed by atoms with Crippen LogP contribution < -0.4 is 4.74 Å². The van der Waals surface area contributed by atoms with Crippen molar-refractivity contribution in [3.8, 4) is 5.75 Å². The third-order valence-corrected chi connectivity index (χ3v) is 3.68. The molecule has 0 fully saturated rings. The summed E-state index contributed by atoms with van der Waals surface area (Å²) in [7, 11) is 1.36. The SMILES string of the molecule is CCCSCc1ccc(C)c(OCC(=O)OC)c1. The minimum Gasteiger partial charge on any atom is -0.482 e. The highest BCUT2D eigenvalue weighted by Crippen LogP contribution is 2.22. The lowest BCUT2D eigenvalue weighted by Gasteiger charge is -2.10. The zero-order valence-corrected chi connectivity index (χ0v) is 12.0. The molecule has 0 unspecified atom stereocenters. The molecule has 0 spiro atoms. The first-order valence-electron chi connectivity index (χ1n) is 6.04. The van der Waals surface area contributed by atoms with Gasteiger partial charge in [0.2, 0.25) is 0 Å². The molecule has 0 saturated heterocycles. The van der Waals surface area contributed by atoms with E-state index in [1.165, 1.54) is 19.1 Å². The van der Waals surface area contributed by atoms with Crippen molar-refractivity contribution in [2.75, 3.05) is 19.5 Å². The molecule has 0 aliphatic rings. The first-order chi connectivity index (χ1) is 8.67. The average molecular weight is 268 g/mol. The summed E-state index contributed by atoms with van der Waals surface area (Å²) in [6, 6.07) is 6.12. The number of hydrogen-bond donors (Lipinski definition) is 0. The van der Waals surface area contributed by atoms with E-state index in [1.54, 1.807) is 0 Å². The molecule has 0 saturated carbocycles. The molecule has 0 aromatic heterocycles. The molecule has 4 heteroatoms. The quantitative estimate of drug-likeness (QED) is 0.562. The summed E-state index contributed by atoms with van der Waals surface area (Å²) in [5.74, 6) is 2.53. The highest BCUT2D eigenvalue weighted by molar-refractivity contribution is 7.98. The van der Waals surface area contributed by atoms with Crippen LogP contribution in [0.25, 0.3) is 0 Å². The molecule has 1 rings (SSSR count). The fourth-order valence-corrected chi connectivity index (χ4v) is 2.27. The molecule has 18 heavy (non-hydrogen) atoms. The fourth-order valence-electron chi connectivity index (χ4n) is 1.42. The van der Waals surface area contributed by atoms with Gasteiger partial charge in [0.05, 0.1) is 7.11 Å². The van der Waals surface area contributed by atoms with E-state index >= 15 is 0 Å². The number of rotatable bonds is 7. The maximum Gasteiger partial charge on any atom is 0.343 e. The standard InChI is InChI=1S/C14H20O3S/c1-4-7-18-10-12-6-5-11(2)13(8-12)17-9-14(15)16-3/h5-6,8H,4,7,9-10H2,1-3H3. The number of aryl methyl sites for hydroxylation is 1. The van der Waals surface area contributed by atoms with E-state index in [1.807, 2.05) is 30.8 Å². The maximum atomic E-state index is 11.0. The minimum atomic E-state index is -0.361. The second-order valence-electron chi connectivity index (χ2n) is 4.02. The van der Waals surface area contributed by atoms with Crippen molar-refractivity contribution in [1.29, 1.82) is 0 Å². The van der Waals surface area contributed by atoms with Gasteiger partial charge in [-0.15, -0.1) is 0 Å². The van der Waals surface area contributed by atoms with Crippen molar-refractivity contribution in [1.82, 2.24) is 0 Å². The summed E-state index contributed by atoms with van der Waals surface area (Å²) in [6.07, 6.45) is 1.18. The molecule has 3 nitrogen and oxygen atoms in total. The predicted molar refractivity (Wildman–Crippen MR) is 75.1 cm³/mol. The van der Waals surface area contributed by atoms with Crippen LogP contribution in [0.5, 0.6) is 5.75 Å². The van der Waals surface area contributed by atoms with Gasteiger partial charge in [0.25, 0.3) is 0 Å². The Balaban J connectivity index is 2.60. The van der Waals surface area contributed by atoms with E-state index in [9.17, 15) is 4.79 Å². The molecule has 0 radical (unpaired) electrons. The lowest BCUT2D eigenvalue weighted by molar-refractivity contribution is -0.142. The molecular formula is C14H20O3S. The second-order valence-corrected chi connectivity index (χ2v) is 5.12. The van der Waals surface area contributed by atoms with Crippen LogP contribution in [0.3, 0.4) is 0 Å². The van der Waals surface area contributed by atoms with Crippen molar-refractivity contribution >= 4 is 17.7 Å². The van der Waals surface area contributed by atoms with Gasteiger partial charge >= 0.3 is 5.97 Å². The van der Waals surface area contributed by atoms with Crippen LogP contribution in [-0.2, 0) is 15.3 Å². The molecule has 0 aliphatic carbocycles. The first kappa shape index (κ1) is 14.9. The highest BCUT2D eigenvalue weighted by atomic mass is 32.2. The number of benzene rings is 1.